The van der Waals surface area contributed by atoms with Crippen LogP contribution in [-0.2, 0) is 19.7 Å². The first-order valence-corrected chi connectivity index (χ1v) is 11.9. The van der Waals surface area contributed by atoms with Gasteiger partial charge in [-0.05, 0) is 37.2 Å². The summed E-state index contributed by atoms with van der Waals surface area (Å²) in [6, 6.07) is 1.91. The number of hydrogen-bond donors (Lipinski definition) is 0. The van der Waals surface area contributed by atoms with Crippen LogP contribution in [0, 0.1) is 5.92 Å². The number of likely N-dealkylation sites (tertiary alicyclic amines) is 1. The van der Waals surface area contributed by atoms with Crippen molar-refractivity contribution in [2.75, 3.05) is 31.6 Å². The number of thiophene rings is 1. The van der Waals surface area contributed by atoms with E-state index in [1.807, 2.05) is 11.0 Å². The van der Waals surface area contributed by atoms with Crippen molar-refractivity contribution in [1.82, 2.24) is 4.90 Å². The van der Waals surface area contributed by atoms with Crippen molar-refractivity contribution in [2.24, 2.45) is 5.92 Å². The highest BCUT2D eigenvalue weighted by molar-refractivity contribution is 7.14. The molecule has 3 rings (SSSR count). The number of esters is 1. The molecule has 2 aliphatic rings. The largest absolute Gasteiger partial charge is 0.465 e. The van der Waals surface area contributed by atoms with Crippen molar-refractivity contribution >= 4 is 34.8 Å². The number of rotatable bonds is 5. The van der Waals surface area contributed by atoms with Crippen LogP contribution in [0.4, 0.5) is 5.69 Å². The van der Waals surface area contributed by atoms with Crippen molar-refractivity contribution in [2.45, 2.75) is 71.1 Å². The molecule has 7 heteroatoms. The minimum atomic E-state index is -0.458. The predicted octanol–water partition coefficient (Wildman–Crippen LogP) is 4.37. The summed E-state index contributed by atoms with van der Waals surface area (Å²) in [6.07, 6.45) is 6.91. The molecule has 1 aliphatic heterocycles. The zero-order valence-corrected chi connectivity index (χ0v) is 19.5. The molecule has 0 unspecified atom stereocenters. The molecule has 0 atom stereocenters. The molecule has 2 fully saturated rings. The molecule has 1 aromatic heterocycles. The fourth-order valence-corrected chi connectivity index (χ4v) is 5.38. The Morgan fingerprint density at radius 1 is 1.10 bits per heavy atom. The van der Waals surface area contributed by atoms with Crippen LogP contribution in [0.15, 0.2) is 6.07 Å². The van der Waals surface area contributed by atoms with Gasteiger partial charge in [-0.3, -0.25) is 9.59 Å². The van der Waals surface area contributed by atoms with Crippen LogP contribution in [0.2, 0.25) is 0 Å². The van der Waals surface area contributed by atoms with Gasteiger partial charge in [0.15, 0.2) is 0 Å². The van der Waals surface area contributed by atoms with Gasteiger partial charge in [0, 0.05) is 23.9 Å². The van der Waals surface area contributed by atoms with E-state index in [-0.39, 0.29) is 29.7 Å². The third kappa shape index (κ3) is 5.05. The molecular formula is C23H34N2O4S. The zero-order chi connectivity index (χ0) is 21.9. The van der Waals surface area contributed by atoms with E-state index in [0.29, 0.717) is 10.6 Å². The normalized spacial score (nSPS) is 17.8. The summed E-state index contributed by atoms with van der Waals surface area (Å²) in [5.74, 6) is -0.629. The third-order valence-electron chi connectivity index (χ3n) is 6.09. The molecule has 30 heavy (non-hydrogen) atoms. The lowest BCUT2D eigenvalue weighted by molar-refractivity contribution is -0.131. The molecule has 1 aliphatic carbocycles. The molecule has 1 aromatic rings. The summed E-state index contributed by atoms with van der Waals surface area (Å²) >= 11 is 1.36. The summed E-state index contributed by atoms with van der Waals surface area (Å²) in [7, 11) is 1.35. The van der Waals surface area contributed by atoms with Gasteiger partial charge in [-0.15, -0.1) is 11.3 Å². The third-order valence-corrected chi connectivity index (χ3v) is 7.62. The van der Waals surface area contributed by atoms with Crippen LogP contribution in [0.5, 0.6) is 0 Å². The summed E-state index contributed by atoms with van der Waals surface area (Å²) in [4.78, 5) is 43.9. The first kappa shape index (κ1) is 22.8. The summed E-state index contributed by atoms with van der Waals surface area (Å²) in [6.45, 7) is 7.70. The quantitative estimate of drug-likeness (QED) is 0.646. The van der Waals surface area contributed by atoms with E-state index in [1.165, 1.54) is 18.4 Å². The fourth-order valence-electron chi connectivity index (χ4n) is 4.24. The smallest absolute Gasteiger partial charge is 0.350 e. The highest BCUT2D eigenvalue weighted by atomic mass is 32.1. The first-order valence-electron chi connectivity index (χ1n) is 11.0. The van der Waals surface area contributed by atoms with Crippen molar-refractivity contribution in [3.63, 3.8) is 0 Å². The van der Waals surface area contributed by atoms with Crippen LogP contribution < -0.4 is 4.90 Å². The lowest BCUT2D eigenvalue weighted by Gasteiger charge is -2.30. The van der Waals surface area contributed by atoms with Gasteiger partial charge in [0.25, 0.3) is 0 Å². The van der Waals surface area contributed by atoms with Gasteiger partial charge in [0.1, 0.15) is 11.4 Å². The fraction of sp³-hybridized carbons (Fsp3) is 0.696. The van der Waals surface area contributed by atoms with Crippen LogP contribution in [0.1, 0.15) is 80.3 Å². The molecule has 0 N–H and O–H groups in total. The Labute approximate surface area is 183 Å². The second kappa shape index (κ2) is 9.50. The van der Waals surface area contributed by atoms with Gasteiger partial charge >= 0.3 is 5.97 Å². The van der Waals surface area contributed by atoms with E-state index < -0.39 is 5.97 Å². The van der Waals surface area contributed by atoms with Gasteiger partial charge in [0.05, 0.1) is 12.8 Å². The molecule has 2 heterocycles. The lowest BCUT2D eigenvalue weighted by atomic mass is 9.88. The molecule has 1 saturated heterocycles. The van der Waals surface area contributed by atoms with Crippen molar-refractivity contribution < 1.29 is 19.1 Å². The maximum Gasteiger partial charge on any atom is 0.350 e. The Morgan fingerprint density at radius 3 is 2.30 bits per heavy atom. The van der Waals surface area contributed by atoms with Gasteiger partial charge < -0.3 is 14.5 Å². The molecule has 0 aromatic carbocycles. The molecule has 0 bridgehead atoms. The maximum atomic E-state index is 13.6. The van der Waals surface area contributed by atoms with Gasteiger partial charge in [-0.25, -0.2) is 4.79 Å². The second-order valence-electron chi connectivity index (χ2n) is 9.41. The number of amides is 2. The Balaban J connectivity index is 1.99. The Bertz CT molecular complexity index is 784. The number of nitrogens with zero attached hydrogens (tertiary/aromatic N) is 2. The van der Waals surface area contributed by atoms with Crippen molar-refractivity contribution in [3.05, 3.63) is 15.8 Å². The Kier molecular flexibility index (Phi) is 7.22. The van der Waals surface area contributed by atoms with Gasteiger partial charge in [0.2, 0.25) is 11.8 Å². The molecule has 6 nitrogen and oxygen atoms in total. The van der Waals surface area contributed by atoms with Gasteiger partial charge in [-0.2, -0.15) is 0 Å². The number of hydrogen-bond acceptors (Lipinski definition) is 5. The van der Waals surface area contributed by atoms with Crippen LogP contribution in [-0.4, -0.2) is 49.4 Å². The standard InChI is InChI=1S/C23H34N2O4S/c1-23(2,3)18-14-17(20(30-18)22(28)29-4)25(15-19(26)24-12-8-9-13-24)21(27)16-10-6-5-7-11-16/h14,16H,5-13,15H2,1-4H3. The van der Waals surface area contributed by atoms with E-state index in [0.717, 1.165) is 62.9 Å². The van der Waals surface area contributed by atoms with E-state index >= 15 is 0 Å². The minimum Gasteiger partial charge on any atom is -0.465 e. The molecule has 1 saturated carbocycles. The highest BCUT2D eigenvalue weighted by Crippen LogP contribution is 2.39. The first-order chi connectivity index (χ1) is 14.2. The predicted molar refractivity (Wildman–Crippen MR) is 119 cm³/mol. The van der Waals surface area contributed by atoms with Crippen LogP contribution >= 0.6 is 11.3 Å². The van der Waals surface area contributed by atoms with Crippen molar-refractivity contribution in [1.29, 1.82) is 0 Å². The zero-order valence-electron chi connectivity index (χ0n) is 18.7. The molecule has 2 amide bonds. The van der Waals surface area contributed by atoms with Gasteiger partial charge in [-0.1, -0.05) is 40.0 Å². The van der Waals surface area contributed by atoms with Crippen molar-refractivity contribution in [3.8, 4) is 0 Å². The summed E-state index contributed by atoms with van der Waals surface area (Å²) < 4.78 is 5.02. The topological polar surface area (TPSA) is 66.9 Å². The Morgan fingerprint density at radius 2 is 1.73 bits per heavy atom. The minimum absolute atomic E-state index is 0.0142. The number of methoxy groups -OCH3 is 1. The van der Waals surface area contributed by atoms with E-state index in [9.17, 15) is 14.4 Å². The van der Waals surface area contributed by atoms with E-state index in [1.54, 1.807) is 4.90 Å². The van der Waals surface area contributed by atoms with Crippen LogP contribution in [0.25, 0.3) is 0 Å². The summed E-state index contributed by atoms with van der Waals surface area (Å²) in [5, 5.41) is 0. The number of carbonyl (C=O) groups excluding carboxylic acids is 3. The molecular weight excluding hydrogens is 400 g/mol. The highest BCUT2D eigenvalue weighted by Gasteiger charge is 2.34. The molecule has 0 radical (unpaired) electrons. The summed E-state index contributed by atoms with van der Waals surface area (Å²) in [5.41, 5.74) is 0.351. The molecule has 166 valence electrons. The molecule has 0 spiro atoms. The van der Waals surface area contributed by atoms with Crippen LogP contribution in [0.3, 0.4) is 0 Å². The Hall–Kier alpha value is -1.89. The maximum absolute atomic E-state index is 13.6. The monoisotopic (exact) mass is 434 g/mol. The SMILES string of the molecule is COC(=O)c1sc(C(C)(C)C)cc1N(CC(=O)N1CCCC1)C(=O)C1CCCCC1. The lowest BCUT2D eigenvalue weighted by Crippen LogP contribution is -2.45. The van der Waals surface area contributed by atoms with E-state index in [4.69, 9.17) is 4.74 Å². The average Bonchev–Trinajstić information content (AvgIpc) is 3.41. The van der Waals surface area contributed by atoms with E-state index in [2.05, 4.69) is 20.8 Å². The number of anilines is 1. The average molecular weight is 435 g/mol. The number of carbonyl (C=O) groups is 3. The number of ether oxygens (including phenoxy) is 1. The second-order valence-corrected chi connectivity index (χ2v) is 10.5.